The van der Waals surface area contributed by atoms with Gasteiger partial charge in [0.2, 0.25) is 0 Å². The van der Waals surface area contributed by atoms with Crippen LogP contribution in [0.2, 0.25) is 0 Å². The van der Waals surface area contributed by atoms with E-state index in [0.717, 1.165) is 0 Å². The minimum Gasteiger partial charge on any atom is -0.387 e. The van der Waals surface area contributed by atoms with Crippen LogP contribution in [0, 0.1) is 17.0 Å². The molecule has 1 rings (SSSR count). The van der Waals surface area contributed by atoms with Crippen molar-refractivity contribution in [2.45, 2.75) is 6.92 Å². The number of nitrogens with one attached hydrogen (secondary N) is 1. The number of nitrogens with zero attached hydrogens (tertiary/aromatic N) is 2. The second kappa shape index (κ2) is 7.58. The molecule has 0 saturated heterocycles. The van der Waals surface area contributed by atoms with Crippen LogP contribution in [-0.2, 0) is 4.79 Å². The molecule has 7 heteroatoms. The average molecular weight is 246 g/mol. The quantitative estimate of drug-likeness (QED) is 0.380. The maximum Gasteiger partial charge on any atom is 0.292 e. The van der Waals surface area contributed by atoms with Crippen molar-refractivity contribution < 1.29 is 9.72 Å². The summed E-state index contributed by atoms with van der Waals surface area (Å²) < 4.78 is 0. The normalized spacial score (nSPS) is 8.69. The topological polar surface area (TPSA) is 85.1 Å². The predicted molar refractivity (Wildman–Crippen MR) is 62.0 cm³/mol. The first-order valence-corrected chi connectivity index (χ1v) is 4.88. The van der Waals surface area contributed by atoms with Crippen LogP contribution < -0.4 is 5.32 Å². The molecule has 0 radical (unpaired) electrons. The molecule has 0 aliphatic rings. The van der Waals surface area contributed by atoms with Crippen molar-refractivity contribution in [1.82, 2.24) is 4.98 Å². The van der Waals surface area contributed by atoms with E-state index >= 15 is 0 Å². The highest BCUT2D eigenvalue weighted by Gasteiger charge is 2.11. The number of carbonyl (C=O) groups is 1. The standard InChI is InChI=1S/C7H9N3O2.C2H3ClO/c1-5-7(10(11)12)3-6(8-2)4-9-5;3-1-2-4/h3-4,8H,1-2H3;2H,1H2. The van der Waals surface area contributed by atoms with Gasteiger partial charge < -0.3 is 10.1 Å². The van der Waals surface area contributed by atoms with Crippen molar-refractivity contribution in [3.05, 3.63) is 28.1 Å². The maximum absolute atomic E-state index is 10.4. The van der Waals surface area contributed by atoms with Gasteiger partial charge >= 0.3 is 0 Å². The van der Waals surface area contributed by atoms with E-state index in [1.807, 2.05) is 0 Å². The van der Waals surface area contributed by atoms with Crippen LogP contribution in [0.1, 0.15) is 5.69 Å². The number of hydrogen-bond acceptors (Lipinski definition) is 5. The number of alkyl halides is 1. The Morgan fingerprint density at radius 2 is 2.25 bits per heavy atom. The second-order valence-corrected chi connectivity index (χ2v) is 2.97. The zero-order valence-corrected chi connectivity index (χ0v) is 9.69. The van der Waals surface area contributed by atoms with Crippen LogP contribution in [0.15, 0.2) is 12.3 Å². The lowest BCUT2D eigenvalue weighted by Crippen LogP contribution is -1.96. The number of aldehydes is 1. The van der Waals surface area contributed by atoms with E-state index in [1.54, 1.807) is 20.2 Å². The summed E-state index contributed by atoms with van der Waals surface area (Å²) in [5, 5.41) is 13.2. The third-order valence-electron chi connectivity index (χ3n) is 1.61. The number of carbonyl (C=O) groups excluding carboxylic acids is 1. The third kappa shape index (κ3) is 4.70. The maximum atomic E-state index is 10.4. The predicted octanol–water partition coefficient (Wildman–Crippen LogP) is 1.76. The van der Waals surface area contributed by atoms with Crippen LogP contribution in [0.3, 0.4) is 0 Å². The van der Waals surface area contributed by atoms with Gasteiger partial charge in [-0.05, 0) is 6.92 Å². The summed E-state index contributed by atoms with van der Waals surface area (Å²) in [6.07, 6.45) is 2.20. The SMILES string of the molecule is CNc1cnc(C)c([N+](=O)[O-])c1.O=CCCl. The van der Waals surface area contributed by atoms with Gasteiger partial charge in [-0.3, -0.25) is 15.1 Å². The number of nitro groups is 1. The van der Waals surface area contributed by atoms with Crippen LogP contribution >= 0.6 is 11.6 Å². The summed E-state index contributed by atoms with van der Waals surface area (Å²) >= 11 is 4.82. The number of pyridine rings is 1. The minimum absolute atomic E-state index is 0.0434. The Kier molecular flexibility index (Phi) is 6.78. The van der Waals surface area contributed by atoms with Gasteiger partial charge in [0.25, 0.3) is 5.69 Å². The third-order valence-corrected chi connectivity index (χ3v) is 1.73. The highest BCUT2D eigenvalue weighted by molar-refractivity contribution is 6.24. The smallest absolute Gasteiger partial charge is 0.292 e. The zero-order valence-electron chi connectivity index (χ0n) is 8.94. The van der Waals surface area contributed by atoms with E-state index in [0.29, 0.717) is 17.7 Å². The number of halogens is 1. The highest BCUT2D eigenvalue weighted by atomic mass is 35.5. The van der Waals surface area contributed by atoms with Crippen LogP contribution in [-0.4, -0.2) is 29.1 Å². The molecule has 0 fully saturated rings. The molecule has 6 nitrogen and oxygen atoms in total. The summed E-state index contributed by atoms with van der Waals surface area (Å²) in [5.41, 5.74) is 1.12. The first-order valence-electron chi connectivity index (χ1n) is 4.35. The molecular weight excluding hydrogens is 234 g/mol. The zero-order chi connectivity index (χ0) is 12.6. The average Bonchev–Trinajstić information content (AvgIpc) is 2.29. The van der Waals surface area contributed by atoms with Gasteiger partial charge in [-0.25, -0.2) is 0 Å². The van der Waals surface area contributed by atoms with Gasteiger partial charge in [0.05, 0.1) is 22.7 Å². The fourth-order valence-corrected chi connectivity index (χ4v) is 0.843. The highest BCUT2D eigenvalue weighted by Crippen LogP contribution is 2.18. The van der Waals surface area contributed by atoms with Crippen molar-refractivity contribution in [1.29, 1.82) is 0 Å². The van der Waals surface area contributed by atoms with E-state index in [2.05, 4.69) is 10.3 Å². The summed E-state index contributed by atoms with van der Waals surface area (Å²) in [5.74, 6) is 0.111. The van der Waals surface area contributed by atoms with Gasteiger partial charge in [0.15, 0.2) is 0 Å². The summed E-state index contributed by atoms with van der Waals surface area (Å²) in [7, 11) is 1.69. The molecule has 0 saturated carbocycles. The molecule has 0 aliphatic carbocycles. The Hall–Kier alpha value is -1.69. The lowest BCUT2D eigenvalue weighted by molar-refractivity contribution is -0.385. The Morgan fingerprint density at radius 1 is 1.69 bits per heavy atom. The Balaban J connectivity index is 0.000000487. The molecule has 1 aromatic rings. The van der Waals surface area contributed by atoms with Gasteiger partial charge in [-0.1, -0.05) is 0 Å². The molecule has 1 heterocycles. The van der Waals surface area contributed by atoms with Crippen molar-refractivity contribution >= 4 is 29.3 Å². The van der Waals surface area contributed by atoms with E-state index < -0.39 is 4.92 Å². The molecular formula is C9H12ClN3O3. The summed E-state index contributed by atoms with van der Waals surface area (Å²) in [6.45, 7) is 1.61. The fraction of sp³-hybridized carbons (Fsp3) is 0.333. The molecule has 0 bridgehead atoms. The first kappa shape index (κ1) is 14.3. The number of anilines is 1. The Labute approximate surface area is 97.8 Å². The van der Waals surface area contributed by atoms with E-state index in [9.17, 15) is 10.1 Å². The van der Waals surface area contributed by atoms with Crippen molar-refractivity contribution in [3.63, 3.8) is 0 Å². The van der Waals surface area contributed by atoms with Crippen LogP contribution in [0.5, 0.6) is 0 Å². The van der Waals surface area contributed by atoms with E-state index in [1.165, 1.54) is 6.07 Å². The molecule has 0 amide bonds. The summed E-state index contributed by atoms with van der Waals surface area (Å²) in [6, 6.07) is 1.46. The molecule has 88 valence electrons. The molecule has 0 aromatic carbocycles. The van der Waals surface area contributed by atoms with Gasteiger partial charge in [-0.2, -0.15) is 0 Å². The molecule has 1 N–H and O–H groups in total. The van der Waals surface area contributed by atoms with Gasteiger partial charge in [0, 0.05) is 13.1 Å². The number of rotatable bonds is 3. The van der Waals surface area contributed by atoms with Crippen molar-refractivity contribution in [2.75, 3.05) is 18.2 Å². The summed E-state index contributed by atoms with van der Waals surface area (Å²) in [4.78, 5) is 22.9. The van der Waals surface area contributed by atoms with E-state index in [-0.39, 0.29) is 11.6 Å². The lowest BCUT2D eigenvalue weighted by Gasteiger charge is -1.99. The van der Waals surface area contributed by atoms with Gasteiger partial charge in [-0.15, -0.1) is 11.6 Å². The minimum atomic E-state index is -0.441. The molecule has 0 aliphatic heterocycles. The molecule has 0 atom stereocenters. The molecule has 0 unspecified atom stereocenters. The Morgan fingerprint density at radius 3 is 2.62 bits per heavy atom. The first-order chi connectivity index (χ1) is 7.56. The monoisotopic (exact) mass is 245 g/mol. The number of hydrogen-bond donors (Lipinski definition) is 1. The molecule has 1 aromatic heterocycles. The van der Waals surface area contributed by atoms with Gasteiger partial charge in [0.1, 0.15) is 12.0 Å². The van der Waals surface area contributed by atoms with Crippen LogP contribution in [0.25, 0.3) is 0 Å². The van der Waals surface area contributed by atoms with Crippen LogP contribution in [0.4, 0.5) is 11.4 Å². The lowest BCUT2D eigenvalue weighted by atomic mass is 10.3. The second-order valence-electron chi connectivity index (χ2n) is 2.66. The van der Waals surface area contributed by atoms with E-state index in [4.69, 9.17) is 16.4 Å². The number of aromatic nitrogens is 1. The fourth-order valence-electron chi connectivity index (χ4n) is 0.843. The molecule has 16 heavy (non-hydrogen) atoms. The number of aryl methyl sites for hydroxylation is 1. The Bertz CT molecular complexity index is 371. The van der Waals surface area contributed by atoms with Crippen molar-refractivity contribution in [2.24, 2.45) is 0 Å². The van der Waals surface area contributed by atoms with Crippen molar-refractivity contribution in [3.8, 4) is 0 Å². The molecule has 0 spiro atoms. The largest absolute Gasteiger partial charge is 0.387 e.